The Hall–Kier alpha value is -0.950. The molecule has 0 saturated carbocycles. The van der Waals surface area contributed by atoms with Gasteiger partial charge >= 0.3 is 0 Å². The van der Waals surface area contributed by atoms with E-state index in [2.05, 4.69) is 19.2 Å². The zero-order valence-corrected chi connectivity index (χ0v) is 11.6. The number of nitrogens with one attached hydrogen (secondary N) is 1. The van der Waals surface area contributed by atoms with E-state index in [1.54, 1.807) is 19.1 Å². The van der Waals surface area contributed by atoms with Crippen LogP contribution in [0.4, 0.5) is 0 Å². The molecule has 102 valence electrons. The van der Waals surface area contributed by atoms with E-state index in [0.717, 1.165) is 12.2 Å². The van der Waals surface area contributed by atoms with Gasteiger partial charge in [0.05, 0.1) is 18.2 Å². The molecule has 1 saturated heterocycles. The summed E-state index contributed by atoms with van der Waals surface area (Å²) in [5.41, 5.74) is 1.03. The number of hydrogen-bond donors (Lipinski definition) is 2. The van der Waals surface area contributed by atoms with E-state index in [-0.39, 0.29) is 10.4 Å². The highest BCUT2D eigenvalue weighted by atomic mass is 32.2. The van der Waals surface area contributed by atoms with Crippen molar-refractivity contribution in [3.8, 4) is 0 Å². The monoisotopic (exact) mass is 273 g/mol. The van der Waals surface area contributed by atoms with Crippen LogP contribution in [-0.4, -0.2) is 31.8 Å². The van der Waals surface area contributed by atoms with Crippen molar-refractivity contribution >= 4 is 10.1 Å². The van der Waals surface area contributed by atoms with Crippen LogP contribution in [0, 0.1) is 6.92 Å². The molecule has 0 radical (unpaired) electrons. The number of rotatable bonds is 1. The van der Waals surface area contributed by atoms with Crippen molar-refractivity contribution in [2.24, 2.45) is 0 Å². The molecular weight excluding hydrogens is 254 g/mol. The van der Waals surface area contributed by atoms with Gasteiger partial charge in [-0.05, 0) is 38.5 Å². The first-order chi connectivity index (χ1) is 8.21. The van der Waals surface area contributed by atoms with Gasteiger partial charge in [-0.15, -0.1) is 0 Å². The summed E-state index contributed by atoms with van der Waals surface area (Å²) in [7, 11) is -4.03. The van der Waals surface area contributed by atoms with Gasteiger partial charge in [0.1, 0.15) is 0 Å². The van der Waals surface area contributed by atoms with Crippen LogP contribution >= 0.6 is 0 Å². The van der Waals surface area contributed by atoms with Crippen LogP contribution in [0.3, 0.4) is 0 Å². The fraction of sp³-hybridized carbons (Fsp3) is 0.500. The molecule has 1 aliphatic rings. The fourth-order valence-corrected chi connectivity index (χ4v) is 1.96. The van der Waals surface area contributed by atoms with Gasteiger partial charge in [-0.25, -0.2) is 0 Å². The Morgan fingerprint density at radius 2 is 2.06 bits per heavy atom. The highest BCUT2D eigenvalue weighted by Crippen LogP contribution is 2.09. The molecule has 0 unspecified atom stereocenters. The molecule has 6 heteroatoms. The summed E-state index contributed by atoms with van der Waals surface area (Å²) >= 11 is 0. The molecule has 0 bridgehead atoms. The maximum atomic E-state index is 10.5. The third-order valence-electron chi connectivity index (χ3n) is 2.40. The Bertz CT molecular complexity index is 489. The molecule has 5 nitrogen and oxygen atoms in total. The standard InChI is InChI=1S/C7H8O3S.C5H11NO/c1-6-3-2-4-7(5-6)11(8,9)10;1-5(2)3-7-4-6-5/h2-5H,1H3,(H,8,9,10);6H,3-4H2,1-2H3. The fourth-order valence-electron chi connectivity index (χ4n) is 1.38. The van der Waals surface area contributed by atoms with Crippen molar-refractivity contribution in [2.45, 2.75) is 31.2 Å². The quantitative estimate of drug-likeness (QED) is 0.760. The minimum Gasteiger partial charge on any atom is -0.364 e. The Balaban J connectivity index is 0.000000199. The van der Waals surface area contributed by atoms with E-state index in [0.29, 0.717) is 6.73 Å². The topological polar surface area (TPSA) is 75.6 Å². The van der Waals surface area contributed by atoms with Crippen molar-refractivity contribution in [1.82, 2.24) is 5.32 Å². The van der Waals surface area contributed by atoms with E-state index in [1.807, 2.05) is 0 Å². The van der Waals surface area contributed by atoms with E-state index in [9.17, 15) is 8.42 Å². The van der Waals surface area contributed by atoms with Gasteiger partial charge in [0.15, 0.2) is 0 Å². The van der Waals surface area contributed by atoms with Crippen molar-refractivity contribution in [1.29, 1.82) is 0 Å². The summed E-state index contributed by atoms with van der Waals surface area (Å²) in [6, 6.07) is 6.10. The van der Waals surface area contributed by atoms with Crippen LogP contribution in [0.1, 0.15) is 19.4 Å². The predicted molar refractivity (Wildman–Crippen MR) is 69.0 cm³/mol. The third kappa shape index (κ3) is 5.14. The van der Waals surface area contributed by atoms with Gasteiger partial charge in [-0.1, -0.05) is 12.1 Å². The lowest BCUT2D eigenvalue weighted by molar-refractivity contribution is 0.182. The summed E-state index contributed by atoms with van der Waals surface area (Å²) in [5.74, 6) is 0. The second-order valence-electron chi connectivity index (χ2n) is 4.85. The van der Waals surface area contributed by atoms with Crippen LogP contribution in [0.15, 0.2) is 29.2 Å². The second kappa shape index (κ2) is 5.79. The van der Waals surface area contributed by atoms with Crippen LogP contribution in [-0.2, 0) is 14.9 Å². The molecule has 1 aromatic carbocycles. The van der Waals surface area contributed by atoms with Gasteiger partial charge in [0, 0.05) is 5.54 Å². The van der Waals surface area contributed by atoms with Gasteiger partial charge in [-0.3, -0.25) is 9.87 Å². The first-order valence-electron chi connectivity index (χ1n) is 5.58. The lowest BCUT2D eigenvalue weighted by atomic mass is 10.1. The number of hydrogen-bond acceptors (Lipinski definition) is 4. The molecule has 0 aromatic heterocycles. The zero-order valence-electron chi connectivity index (χ0n) is 10.8. The van der Waals surface area contributed by atoms with Crippen molar-refractivity contribution in [2.75, 3.05) is 13.3 Å². The third-order valence-corrected chi connectivity index (χ3v) is 3.25. The highest BCUT2D eigenvalue weighted by Gasteiger charge is 2.21. The minimum atomic E-state index is -4.03. The minimum absolute atomic E-state index is 0.0579. The molecule has 0 aliphatic carbocycles. The molecule has 2 N–H and O–H groups in total. The molecule has 1 aliphatic heterocycles. The number of aryl methyl sites for hydroxylation is 1. The second-order valence-corrected chi connectivity index (χ2v) is 6.27. The van der Waals surface area contributed by atoms with Crippen LogP contribution in [0.5, 0.6) is 0 Å². The van der Waals surface area contributed by atoms with Crippen molar-refractivity contribution in [3.63, 3.8) is 0 Å². The largest absolute Gasteiger partial charge is 0.364 e. The Morgan fingerprint density at radius 1 is 1.39 bits per heavy atom. The van der Waals surface area contributed by atoms with E-state index in [1.165, 1.54) is 12.1 Å². The first kappa shape index (κ1) is 15.1. The number of ether oxygens (including phenoxy) is 1. The summed E-state index contributed by atoms with van der Waals surface area (Å²) in [6.07, 6.45) is 0. The maximum Gasteiger partial charge on any atom is 0.294 e. The molecule has 0 spiro atoms. The van der Waals surface area contributed by atoms with E-state index in [4.69, 9.17) is 9.29 Å². The molecule has 1 aromatic rings. The van der Waals surface area contributed by atoms with Gasteiger partial charge in [0.25, 0.3) is 10.1 Å². The van der Waals surface area contributed by atoms with E-state index < -0.39 is 10.1 Å². The summed E-state index contributed by atoms with van der Waals surface area (Å²) < 4.78 is 34.7. The van der Waals surface area contributed by atoms with Gasteiger partial charge in [-0.2, -0.15) is 8.42 Å². The lowest BCUT2D eigenvalue weighted by Crippen LogP contribution is -2.34. The Labute approximate surface area is 108 Å². The zero-order chi connectivity index (χ0) is 13.8. The first-order valence-corrected chi connectivity index (χ1v) is 7.02. The highest BCUT2D eigenvalue weighted by molar-refractivity contribution is 7.85. The normalized spacial score (nSPS) is 18.0. The molecular formula is C12H19NO4S. The summed E-state index contributed by atoms with van der Waals surface area (Å²) in [6.45, 7) is 7.56. The molecule has 1 fully saturated rings. The molecule has 1 heterocycles. The van der Waals surface area contributed by atoms with Crippen molar-refractivity contribution in [3.05, 3.63) is 29.8 Å². The van der Waals surface area contributed by atoms with E-state index >= 15 is 0 Å². The van der Waals surface area contributed by atoms with Crippen molar-refractivity contribution < 1.29 is 17.7 Å². The molecule has 0 atom stereocenters. The maximum absolute atomic E-state index is 10.5. The Morgan fingerprint density at radius 3 is 2.33 bits per heavy atom. The van der Waals surface area contributed by atoms with Crippen LogP contribution in [0.25, 0.3) is 0 Å². The Kier molecular flexibility index (Phi) is 4.86. The number of benzene rings is 1. The molecule has 2 rings (SSSR count). The summed E-state index contributed by atoms with van der Waals surface area (Å²) in [4.78, 5) is -0.0579. The average Bonchev–Trinajstić information content (AvgIpc) is 2.63. The smallest absolute Gasteiger partial charge is 0.294 e. The lowest BCUT2D eigenvalue weighted by Gasteiger charge is -2.12. The summed E-state index contributed by atoms with van der Waals surface area (Å²) in [5, 5.41) is 3.17. The predicted octanol–water partition coefficient (Wildman–Crippen LogP) is 1.58. The molecule has 0 amide bonds. The van der Waals surface area contributed by atoms with Gasteiger partial charge < -0.3 is 4.74 Å². The molecule has 18 heavy (non-hydrogen) atoms. The SMILES string of the molecule is CC1(C)COCN1.Cc1cccc(S(=O)(=O)O)c1. The van der Waals surface area contributed by atoms with Crippen LogP contribution in [0.2, 0.25) is 0 Å². The van der Waals surface area contributed by atoms with Crippen LogP contribution < -0.4 is 5.32 Å². The van der Waals surface area contributed by atoms with Gasteiger partial charge in [0.2, 0.25) is 0 Å². The average molecular weight is 273 g/mol.